The van der Waals surface area contributed by atoms with Crippen LogP contribution in [0.5, 0.6) is 0 Å². The van der Waals surface area contributed by atoms with Crippen molar-refractivity contribution < 1.29 is 19.2 Å². The lowest BCUT2D eigenvalue weighted by molar-refractivity contribution is -0.384. The van der Waals surface area contributed by atoms with E-state index in [0.29, 0.717) is 22.3 Å². The quantitative estimate of drug-likeness (QED) is 0.573. The summed E-state index contributed by atoms with van der Waals surface area (Å²) in [5, 5.41) is 22.2. The van der Waals surface area contributed by atoms with Crippen LogP contribution in [0, 0.1) is 15.9 Å². The number of nitro groups is 1. The second-order valence-electron chi connectivity index (χ2n) is 6.16. The van der Waals surface area contributed by atoms with Crippen molar-refractivity contribution in [3.05, 3.63) is 81.3 Å². The Morgan fingerprint density at radius 1 is 1.15 bits per heavy atom. The number of nitrogens with zero attached hydrogens (tertiary/aromatic N) is 2. The molecule has 3 aromatic rings. The fourth-order valence-electron chi connectivity index (χ4n) is 3.35. The zero-order valence-electron chi connectivity index (χ0n) is 13.6. The highest BCUT2D eigenvalue weighted by atomic mass is 19.1. The minimum Gasteiger partial charge on any atom is -0.383 e. The summed E-state index contributed by atoms with van der Waals surface area (Å²) in [5.74, 6) is -0.878. The third-order valence-electron chi connectivity index (χ3n) is 4.68. The second kappa shape index (κ2) is 5.60. The van der Waals surface area contributed by atoms with Crippen LogP contribution in [-0.2, 0) is 0 Å². The molecule has 0 fully saturated rings. The fourth-order valence-corrected chi connectivity index (χ4v) is 3.35. The number of halogens is 1. The highest BCUT2D eigenvalue weighted by molar-refractivity contribution is 6.14. The molecule has 1 aliphatic rings. The van der Waals surface area contributed by atoms with E-state index in [2.05, 4.69) is 0 Å². The molecule has 7 heteroatoms. The van der Waals surface area contributed by atoms with Gasteiger partial charge in [-0.3, -0.25) is 19.5 Å². The molecule has 2 heterocycles. The highest BCUT2D eigenvalue weighted by Crippen LogP contribution is 2.39. The molecule has 0 amide bonds. The smallest absolute Gasteiger partial charge is 0.269 e. The molecule has 1 N–H and O–H groups in total. The summed E-state index contributed by atoms with van der Waals surface area (Å²) < 4.78 is 15.0. The predicted octanol–water partition coefficient (Wildman–Crippen LogP) is 3.85. The first kappa shape index (κ1) is 16.2. The first-order chi connectivity index (χ1) is 12.4. The van der Waals surface area contributed by atoms with Gasteiger partial charge < -0.3 is 5.11 Å². The number of aliphatic hydroxyl groups is 1. The molecule has 1 aliphatic heterocycles. The van der Waals surface area contributed by atoms with Crippen molar-refractivity contribution in [2.24, 2.45) is 0 Å². The molecule has 2 aromatic carbocycles. The molecular weight excluding hydrogens is 339 g/mol. The standard InChI is InChI=1S/C19H13FN2O4/c1-10-15-8-12-2-5-13(20)9-16(12)21(15)19(24)17(10)18(23)11-3-6-14(7-4-11)22(25)26/h2-9,18,23H,1H3. The van der Waals surface area contributed by atoms with Gasteiger partial charge in [0.1, 0.15) is 11.9 Å². The third kappa shape index (κ3) is 2.25. The average Bonchev–Trinajstić information content (AvgIpc) is 3.10. The lowest BCUT2D eigenvalue weighted by Crippen LogP contribution is -2.14. The van der Waals surface area contributed by atoms with Crippen molar-refractivity contribution in [1.82, 2.24) is 4.57 Å². The van der Waals surface area contributed by atoms with Crippen LogP contribution in [0.15, 0.2) is 54.1 Å². The van der Waals surface area contributed by atoms with E-state index in [9.17, 15) is 24.4 Å². The number of fused-ring (bicyclic) bond motifs is 3. The monoisotopic (exact) mass is 352 g/mol. The minimum atomic E-state index is -1.23. The molecule has 1 unspecified atom stereocenters. The number of non-ortho nitro benzene ring substituents is 1. The Balaban J connectivity index is 1.79. The van der Waals surface area contributed by atoms with Crippen LogP contribution in [0.25, 0.3) is 16.5 Å². The van der Waals surface area contributed by atoms with Crippen LogP contribution in [0.3, 0.4) is 0 Å². The Bertz CT molecular complexity index is 1110. The topological polar surface area (TPSA) is 85.4 Å². The normalized spacial score (nSPS) is 14.8. The largest absolute Gasteiger partial charge is 0.383 e. The molecule has 0 spiro atoms. The molecule has 0 aliphatic carbocycles. The van der Waals surface area contributed by atoms with Gasteiger partial charge in [-0.1, -0.05) is 0 Å². The summed E-state index contributed by atoms with van der Waals surface area (Å²) >= 11 is 0. The SMILES string of the molecule is CC1=C(C(O)c2ccc([N+](=O)[O-])cc2)C(=O)n2c1cc1ccc(F)cc12. The fraction of sp³-hybridized carbons (Fsp3) is 0.105. The summed E-state index contributed by atoms with van der Waals surface area (Å²) in [6.07, 6.45) is -1.23. The van der Waals surface area contributed by atoms with Crippen LogP contribution in [0.4, 0.5) is 10.1 Å². The summed E-state index contributed by atoms with van der Waals surface area (Å²) in [6.45, 7) is 1.72. The van der Waals surface area contributed by atoms with Crippen LogP contribution < -0.4 is 0 Å². The van der Waals surface area contributed by atoms with E-state index < -0.39 is 22.8 Å². The lowest BCUT2D eigenvalue weighted by atomic mass is 9.97. The van der Waals surface area contributed by atoms with E-state index in [1.54, 1.807) is 19.1 Å². The number of aliphatic hydroxyl groups excluding tert-OH is 1. The molecule has 0 radical (unpaired) electrons. The third-order valence-corrected chi connectivity index (χ3v) is 4.68. The van der Waals surface area contributed by atoms with Crippen molar-refractivity contribution in [2.75, 3.05) is 0 Å². The van der Waals surface area contributed by atoms with Crippen molar-refractivity contribution in [3.8, 4) is 0 Å². The average molecular weight is 352 g/mol. The van der Waals surface area contributed by atoms with E-state index >= 15 is 0 Å². The number of carbonyl (C=O) groups is 1. The van der Waals surface area contributed by atoms with Crippen molar-refractivity contribution in [1.29, 1.82) is 0 Å². The number of benzene rings is 2. The predicted molar refractivity (Wildman–Crippen MR) is 93.2 cm³/mol. The highest BCUT2D eigenvalue weighted by Gasteiger charge is 2.34. The minimum absolute atomic E-state index is 0.0999. The molecular formula is C19H13FN2O4. The van der Waals surface area contributed by atoms with Crippen molar-refractivity contribution in [2.45, 2.75) is 13.0 Å². The van der Waals surface area contributed by atoms with Gasteiger partial charge >= 0.3 is 0 Å². The van der Waals surface area contributed by atoms with Crippen LogP contribution in [0.2, 0.25) is 0 Å². The Morgan fingerprint density at radius 3 is 2.50 bits per heavy atom. The van der Waals surface area contributed by atoms with Crippen LogP contribution >= 0.6 is 0 Å². The van der Waals surface area contributed by atoms with E-state index in [0.717, 1.165) is 5.39 Å². The number of allylic oxidation sites excluding steroid dienone is 1. The molecule has 0 bridgehead atoms. The van der Waals surface area contributed by atoms with Gasteiger partial charge in [0.15, 0.2) is 0 Å². The molecule has 0 saturated carbocycles. The van der Waals surface area contributed by atoms with Crippen molar-refractivity contribution in [3.63, 3.8) is 0 Å². The Hall–Kier alpha value is -3.32. The van der Waals surface area contributed by atoms with Gasteiger partial charge in [-0.25, -0.2) is 4.39 Å². The molecule has 26 heavy (non-hydrogen) atoms. The molecule has 1 atom stereocenters. The lowest BCUT2D eigenvalue weighted by Gasteiger charge is -2.13. The zero-order chi connectivity index (χ0) is 18.6. The first-order valence-corrected chi connectivity index (χ1v) is 7.87. The van der Waals surface area contributed by atoms with Gasteiger partial charge in [-0.15, -0.1) is 0 Å². The van der Waals surface area contributed by atoms with Gasteiger partial charge in [0, 0.05) is 17.5 Å². The van der Waals surface area contributed by atoms with E-state index in [4.69, 9.17) is 0 Å². The van der Waals surface area contributed by atoms with E-state index in [-0.39, 0.29) is 11.3 Å². The maximum absolute atomic E-state index is 13.6. The number of hydrogen-bond acceptors (Lipinski definition) is 4. The number of carbonyl (C=O) groups excluding carboxylic acids is 1. The second-order valence-corrected chi connectivity index (χ2v) is 6.16. The number of nitro benzene ring substituents is 1. The molecule has 4 rings (SSSR count). The Morgan fingerprint density at radius 2 is 1.85 bits per heavy atom. The summed E-state index contributed by atoms with van der Waals surface area (Å²) in [6, 6.07) is 11.4. The Labute approximate surface area is 146 Å². The number of aromatic nitrogens is 1. The summed E-state index contributed by atoms with van der Waals surface area (Å²) in [5.41, 5.74) is 2.09. The zero-order valence-corrected chi connectivity index (χ0v) is 13.6. The summed E-state index contributed by atoms with van der Waals surface area (Å²) in [4.78, 5) is 23.1. The number of rotatable bonds is 3. The van der Waals surface area contributed by atoms with Crippen LogP contribution in [-0.4, -0.2) is 20.5 Å². The first-order valence-electron chi connectivity index (χ1n) is 7.87. The van der Waals surface area contributed by atoms with Gasteiger partial charge in [-0.2, -0.15) is 0 Å². The summed E-state index contributed by atoms with van der Waals surface area (Å²) in [7, 11) is 0. The van der Waals surface area contributed by atoms with Gasteiger partial charge in [0.25, 0.3) is 11.6 Å². The molecule has 1 aromatic heterocycles. The molecule has 130 valence electrons. The maximum atomic E-state index is 13.6. The number of hydrogen-bond donors (Lipinski definition) is 1. The van der Waals surface area contributed by atoms with Crippen molar-refractivity contribution >= 4 is 28.1 Å². The van der Waals surface area contributed by atoms with Gasteiger partial charge in [0.2, 0.25) is 0 Å². The van der Waals surface area contributed by atoms with E-state index in [1.165, 1.54) is 41.0 Å². The molecule has 6 nitrogen and oxygen atoms in total. The molecule has 0 saturated heterocycles. The maximum Gasteiger partial charge on any atom is 0.269 e. The van der Waals surface area contributed by atoms with Gasteiger partial charge in [-0.05, 0) is 54.5 Å². The van der Waals surface area contributed by atoms with Crippen LogP contribution in [0.1, 0.15) is 29.1 Å². The Kier molecular flexibility index (Phi) is 3.48. The van der Waals surface area contributed by atoms with E-state index in [1.807, 2.05) is 0 Å². The van der Waals surface area contributed by atoms with Gasteiger partial charge in [0.05, 0.1) is 21.7 Å².